The van der Waals surface area contributed by atoms with E-state index in [1.807, 2.05) is 18.7 Å². The predicted octanol–water partition coefficient (Wildman–Crippen LogP) is 1.09. The maximum atomic E-state index is 10.1. The molecule has 6 nitrogen and oxygen atoms in total. The van der Waals surface area contributed by atoms with Gasteiger partial charge in [-0.3, -0.25) is 0 Å². The first-order valence-corrected chi connectivity index (χ1v) is 6.38. The second kappa shape index (κ2) is 5.21. The Morgan fingerprint density at radius 1 is 1.26 bits per heavy atom. The maximum absolute atomic E-state index is 10.1. The standard InChI is InChI=1S/C13H21N3O3/c1-13(2,17)9-5-6-16(8-9)12-14-10(18-3)7-11(15-12)19-4/h7,9,17H,5-6,8H2,1-4H3. The van der Waals surface area contributed by atoms with Gasteiger partial charge in [-0.1, -0.05) is 0 Å². The van der Waals surface area contributed by atoms with Crippen molar-refractivity contribution in [1.82, 2.24) is 9.97 Å². The summed E-state index contributed by atoms with van der Waals surface area (Å²) in [5, 5.41) is 10.1. The highest BCUT2D eigenvalue weighted by Gasteiger charge is 2.34. The summed E-state index contributed by atoms with van der Waals surface area (Å²) in [6.45, 7) is 5.24. The second-order valence-corrected chi connectivity index (χ2v) is 5.34. The van der Waals surface area contributed by atoms with Gasteiger partial charge < -0.3 is 19.5 Å². The van der Waals surface area contributed by atoms with Gasteiger partial charge in [0.2, 0.25) is 17.7 Å². The van der Waals surface area contributed by atoms with Crippen LogP contribution in [0.2, 0.25) is 0 Å². The van der Waals surface area contributed by atoms with Gasteiger partial charge in [0.05, 0.1) is 25.9 Å². The normalized spacial score (nSPS) is 19.6. The van der Waals surface area contributed by atoms with Gasteiger partial charge in [0.15, 0.2) is 0 Å². The molecule has 1 unspecified atom stereocenters. The molecule has 19 heavy (non-hydrogen) atoms. The molecule has 0 bridgehead atoms. The van der Waals surface area contributed by atoms with Gasteiger partial charge in [0.1, 0.15) is 0 Å². The third kappa shape index (κ3) is 3.07. The highest BCUT2D eigenvalue weighted by atomic mass is 16.5. The Morgan fingerprint density at radius 3 is 2.26 bits per heavy atom. The van der Waals surface area contributed by atoms with Crippen molar-refractivity contribution in [3.05, 3.63) is 6.07 Å². The molecule has 106 valence electrons. The zero-order chi connectivity index (χ0) is 14.0. The number of aromatic nitrogens is 2. The van der Waals surface area contributed by atoms with Crippen molar-refractivity contribution >= 4 is 5.95 Å². The average molecular weight is 267 g/mol. The van der Waals surface area contributed by atoms with E-state index >= 15 is 0 Å². The van der Waals surface area contributed by atoms with E-state index in [2.05, 4.69) is 9.97 Å². The summed E-state index contributed by atoms with van der Waals surface area (Å²) in [6.07, 6.45) is 0.923. The van der Waals surface area contributed by atoms with Crippen LogP contribution in [0, 0.1) is 5.92 Å². The average Bonchev–Trinajstić information content (AvgIpc) is 2.87. The van der Waals surface area contributed by atoms with Crippen LogP contribution in [-0.2, 0) is 0 Å². The van der Waals surface area contributed by atoms with Crippen molar-refractivity contribution in [3.8, 4) is 11.8 Å². The minimum absolute atomic E-state index is 0.216. The SMILES string of the molecule is COc1cc(OC)nc(N2CCC(C(C)(C)O)C2)n1. The Kier molecular flexibility index (Phi) is 3.80. The second-order valence-electron chi connectivity index (χ2n) is 5.34. The van der Waals surface area contributed by atoms with Gasteiger partial charge in [-0.05, 0) is 20.3 Å². The molecule has 0 radical (unpaired) electrons. The van der Waals surface area contributed by atoms with Gasteiger partial charge in [0.25, 0.3) is 0 Å². The first kappa shape index (κ1) is 13.9. The summed E-state index contributed by atoms with van der Waals surface area (Å²) in [5.74, 6) is 1.76. The van der Waals surface area contributed by atoms with E-state index in [9.17, 15) is 5.11 Å². The van der Waals surface area contributed by atoms with E-state index in [4.69, 9.17) is 9.47 Å². The number of anilines is 1. The minimum atomic E-state index is -0.683. The number of ether oxygens (including phenoxy) is 2. The molecule has 0 spiro atoms. The molecule has 1 N–H and O–H groups in total. The third-order valence-corrected chi connectivity index (χ3v) is 3.56. The molecule has 1 atom stereocenters. The Morgan fingerprint density at radius 2 is 1.84 bits per heavy atom. The molecule has 1 fully saturated rings. The van der Waals surface area contributed by atoms with Crippen molar-refractivity contribution in [2.24, 2.45) is 5.92 Å². The summed E-state index contributed by atoms with van der Waals surface area (Å²) < 4.78 is 10.3. The van der Waals surface area contributed by atoms with Crippen LogP contribution in [0.5, 0.6) is 11.8 Å². The highest BCUT2D eigenvalue weighted by molar-refractivity contribution is 5.38. The lowest BCUT2D eigenvalue weighted by Crippen LogP contribution is -2.33. The van der Waals surface area contributed by atoms with Gasteiger partial charge in [0, 0.05) is 19.0 Å². The van der Waals surface area contributed by atoms with E-state index in [-0.39, 0.29) is 5.92 Å². The maximum Gasteiger partial charge on any atom is 0.231 e. The lowest BCUT2D eigenvalue weighted by molar-refractivity contribution is 0.0263. The molecule has 1 aromatic rings. The molecule has 0 aromatic carbocycles. The largest absolute Gasteiger partial charge is 0.481 e. The molecular weight excluding hydrogens is 246 g/mol. The Balaban J connectivity index is 2.19. The van der Waals surface area contributed by atoms with Crippen molar-refractivity contribution in [3.63, 3.8) is 0 Å². The zero-order valence-corrected chi connectivity index (χ0v) is 11.9. The molecule has 2 rings (SSSR count). The van der Waals surface area contributed by atoms with Crippen molar-refractivity contribution in [1.29, 1.82) is 0 Å². The fourth-order valence-electron chi connectivity index (χ4n) is 2.26. The monoisotopic (exact) mass is 267 g/mol. The Hall–Kier alpha value is -1.56. The topological polar surface area (TPSA) is 67.7 Å². The van der Waals surface area contributed by atoms with Crippen LogP contribution in [0.25, 0.3) is 0 Å². The molecule has 1 aliphatic heterocycles. The molecular formula is C13H21N3O3. The van der Waals surface area contributed by atoms with Crippen LogP contribution < -0.4 is 14.4 Å². The van der Waals surface area contributed by atoms with Gasteiger partial charge in [-0.25, -0.2) is 0 Å². The lowest BCUT2D eigenvalue weighted by Gasteiger charge is -2.25. The number of aliphatic hydroxyl groups is 1. The zero-order valence-electron chi connectivity index (χ0n) is 11.9. The van der Waals surface area contributed by atoms with Gasteiger partial charge in [-0.2, -0.15) is 9.97 Å². The predicted molar refractivity (Wildman–Crippen MR) is 71.8 cm³/mol. The van der Waals surface area contributed by atoms with Crippen LogP contribution >= 0.6 is 0 Å². The lowest BCUT2D eigenvalue weighted by atomic mass is 9.91. The quantitative estimate of drug-likeness (QED) is 0.881. The van der Waals surface area contributed by atoms with E-state index in [1.54, 1.807) is 20.3 Å². The first-order valence-electron chi connectivity index (χ1n) is 6.38. The summed E-state index contributed by atoms with van der Waals surface area (Å²) in [5.41, 5.74) is -0.683. The number of nitrogens with zero attached hydrogens (tertiary/aromatic N) is 3. The van der Waals surface area contributed by atoms with E-state index in [0.29, 0.717) is 17.7 Å². The molecule has 1 aromatic heterocycles. The van der Waals surface area contributed by atoms with Crippen LogP contribution in [0.15, 0.2) is 6.07 Å². The first-order chi connectivity index (χ1) is 8.94. The fraction of sp³-hybridized carbons (Fsp3) is 0.692. The summed E-state index contributed by atoms with van der Waals surface area (Å²) >= 11 is 0. The van der Waals surface area contributed by atoms with Crippen molar-refractivity contribution in [2.75, 3.05) is 32.2 Å². The molecule has 6 heteroatoms. The highest BCUT2D eigenvalue weighted by Crippen LogP contribution is 2.30. The molecule has 0 aliphatic carbocycles. The molecule has 1 aliphatic rings. The van der Waals surface area contributed by atoms with E-state index < -0.39 is 5.60 Å². The molecule has 2 heterocycles. The number of hydrogen-bond acceptors (Lipinski definition) is 6. The smallest absolute Gasteiger partial charge is 0.231 e. The number of methoxy groups -OCH3 is 2. The molecule has 1 saturated heterocycles. The van der Waals surface area contributed by atoms with Crippen LogP contribution in [0.4, 0.5) is 5.95 Å². The van der Waals surface area contributed by atoms with Gasteiger partial charge in [-0.15, -0.1) is 0 Å². The molecule has 0 saturated carbocycles. The third-order valence-electron chi connectivity index (χ3n) is 3.56. The number of rotatable bonds is 4. The van der Waals surface area contributed by atoms with Crippen LogP contribution in [-0.4, -0.2) is 48.0 Å². The van der Waals surface area contributed by atoms with Crippen LogP contribution in [0.1, 0.15) is 20.3 Å². The summed E-state index contributed by atoms with van der Waals surface area (Å²) in [4.78, 5) is 10.7. The van der Waals surface area contributed by atoms with Crippen molar-refractivity contribution in [2.45, 2.75) is 25.9 Å². The van der Waals surface area contributed by atoms with E-state index in [0.717, 1.165) is 19.5 Å². The van der Waals surface area contributed by atoms with Crippen molar-refractivity contribution < 1.29 is 14.6 Å². The van der Waals surface area contributed by atoms with Gasteiger partial charge >= 0.3 is 0 Å². The fourth-order valence-corrected chi connectivity index (χ4v) is 2.26. The summed E-state index contributed by atoms with van der Waals surface area (Å²) in [7, 11) is 3.13. The Bertz CT molecular complexity index is 423. The Labute approximate surface area is 113 Å². The number of hydrogen-bond donors (Lipinski definition) is 1. The van der Waals surface area contributed by atoms with E-state index in [1.165, 1.54) is 0 Å². The van der Waals surface area contributed by atoms with Crippen LogP contribution in [0.3, 0.4) is 0 Å². The minimum Gasteiger partial charge on any atom is -0.481 e. The molecule has 0 amide bonds. The summed E-state index contributed by atoms with van der Waals surface area (Å²) in [6, 6.07) is 1.65.